The lowest BCUT2D eigenvalue weighted by Gasteiger charge is -2.34. The fourth-order valence-electron chi connectivity index (χ4n) is 1.68. The molecule has 20 heavy (non-hydrogen) atoms. The minimum absolute atomic E-state index is 0.139. The molecule has 1 amide bonds. The van der Waals surface area contributed by atoms with E-state index in [1.165, 1.54) is 12.5 Å². The second-order valence-electron chi connectivity index (χ2n) is 4.15. The molecule has 0 aromatic carbocycles. The van der Waals surface area contributed by atoms with Crippen LogP contribution in [0.4, 0.5) is 0 Å². The fraction of sp³-hybridized carbons (Fsp3) is 0.500. The Kier molecular flexibility index (Phi) is 4.91. The lowest BCUT2D eigenvalue weighted by molar-refractivity contribution is -0.119. The van der Waals surface area contributed by atoms with Gasteiger partial charge < -0.3 is 29.9 Å². The van der Waals surface area contributed by atoms with E-state index in [0.29, 0.717) is 5.69 Å². The van der Waals surface area contributed by atoms with Crippen LogP contribution in [0.1, 0.15) is 19.0 Å². The van der Waals surface area contributed by atoms with Crippen LogP contribution in [0.2, 0.25) is 0 Å². The highest BCUT2D eigenvalue weighted by Gasteiger charge is 2.60. The summed E-state index contributed by atoms with van der Waals surface area (Å²) in [4.78, 5) is 54.7. The summed E-state index contributed by atoms with van der Waals surface area (Å²) in [6, 6.07) is 0. The maximum absolute atomic E-state index is 11.6. The zero-order valence-corrected chi connectivity index (χ0v) is 12.2. The van der Waals surface area contributed by atoms with Crippen LogP contribution in [0.15, 0.2) is 12.5 Å². The number of H-pyrrole nitrogens is 1. The predicted molar refractivity (Wildman–Crippen MR) is 67.5 cm³/mol. The second-order valence-corrected chi connectivity index (χ2v) is 8.20. The van der Waals surface area contributed by atoms with Crippen molar-refractivity contribution in [3.63, 3.8) is 0 Å². The first-order valence-corrected chi connectivity index (χ1v) is 8.60. The molecule has 10 nitrogen and oxygen atoms in total. The maximum Gasteiger partial charge on any atom is 0.363 e. The summed E-state index contributed by atoms with van der Waals surface area (Å²) in [5, 5.41) is -1.22. The van der Waals surface area contributed by atoms with Gasteiger partial charge in [0.15, 0.2) is 0 Å². The zero-order chi connectivity index (χ0) is 15.6. The number of imidazole rings is 1. The van der Waals surface area contributed by atoms with Gasteiger partial charge in [-0.25, -0.2) is 4.98 Å². The molecular formula is C8H15N3O7P2. The highest BCUT2D eigenvalue weighted by Crippen LogP contribution is 2.69. The van der Waals surface area contributed by atoms with Gasteiger partial charge in [0.2, 0.25) is 10.9 Å². The quantitative estimate of drug-likeness (QED) is 0.379. The highest BCUT2D eigenvalue weighted by molar-refractivity contribution is 7.72. The molecule has 6 N–H and O–H groups in total. The molecule has 0 saturated carbocycles. The Morgan fingerprint density at radius 3 is 2.25 bits per heavy atom. The molecule has 1 aromatic heterocycles. The van der Waals surface area contributed by atoms with E-state index in [1.807, 2.05) is 0 Å². The Bertz CT molecular complexity index is 539. The summed E-state index contributed by atoms with van der Waals surface area (Å²) in [7, 11) is -10.7. The van der Waals surface area contributed by atoms with Gasteiger partial charge in [0.1, 0.15) is 0 Å². The lowest BCUT2D eigenvalue weighted by Crippen LogP contribution is -2.47. The third-order valence-electron chi connectivity index (χ3n) is 2.62. The van der Waals surface area contributed by atoms with Crippen molar-refractivity contribution in [2.24, 2.45) is 0 Å². The van der Waals surface area contributed by atoms with E-state index in [4.69, 9.17) is 0 Å². The SMILES string of the molecule is CC(=O)NC(CCc1c[nH]cn1)(P(=O)(O)O)P(=O)(O)O. The minimum atomic E-state index is -5.33. The Morgan fingerprint density at radius 1 is 1.35 bits per heavy atom. The van der Waals surface area contributed by atoms with Crippen molar-refractivity contribution in [1.82, 2.24) is 15.3 Å². The van der Waals surface area contributed by atoms with Crippen LogP contribution >= 0.6 is 15.2 Å². The van der Waals surface area contributed by atoms with Gasteiger partial charge in [0.05, 0.1) is 12.0 Å². The van der Waals surface area contributed by atoms with E-state index < -0.39 is 32.5 Å². The first-order chi connectivity index (χ1) is 8.99. The Balaban J connectivity index is 3.19. The molecule has 0 aliphatic carbocycles. The van der Waals surface area contributed by atoms with Gasteiger partial charge in [-0.15, -0.1) is 0 Å². The van der Waals surface area contributed by atoms with E-state index in [1.54, 1.807) is 5.32 Å². The van der Waals surface area contributed by atoms with Crippen LogP contribution in [0, 0.1) is 0 Å². The Labute approximate surface area is 113 Å². The first kappa shape index (κ1) is 17.0. The van der Waals surface area contributed by atoms with Gasteiger partial charge in [-0.05, 0) is 12.8 Å². The third-order valence-corrected chi connectivity index (χ3v) is 6.79. The van der Waals surface area contributed by atoms with Gasteiger partial charge in [0.25, 0.3) is 0 Å². The molecular weight excluding hydrogens is 312 g/mol. The standard InChI is InChI=1S/C8H15N3O7P2/c1-6(12)11-8(19(13,14)15,20(16,17)18)3-2-7-4-9-5-10-7/h4-5H,2-3H2,1H3,(H,9,10)(H,11,12)(H2,13,14,15)(H2,16,17,18). The minimum Gasteiger partial charge on any atom is -0.351 e. The first-order valence-electron chi connectivity index (χ1n) is 5.37. The molecule has 0 atom stereocenters. The number of nitrogens with zero attached hydrogens (tertiary/aromatic N) is 1. The molecule has 0 spiro atoms. The van der Waals surface area contributed by atoms with E-state index in [2.05, 4.69) is 9.97 Å². The molecule has 12 heteroatoms. The number of hydrogen-bond acceptors (Lipinski definition) is 4. The van der Waals surface area contributed by atoms with Crippen molar-refractivity contribution in [2.75, 3.05) is 0 Å². The van der Waals surface area contributed by atoms with Crippen LogP contribution in [-0.2, 0) is 20.3 Å². The van der Waals surface area contributed by atoms with Gasteiger partial charge in [-0.2, -0.15) is 0 Å². The molecule has 0 unspecified atom stereocenters. The van der Waals surface area contributed by atoms with E-state index >= 15 is 0 Å². The van der Waals surface area contributed by atoms with Crippen molar-refractivity contribution in [2.45, 2.75) is 24.8 Å². The van der Waals surface area contributed by atoms with Crippen molar-refractivity contribution in [3.05, 3.63) is 18.2 Å². The number of rotatable bonds is 6. The average Bonchev–Trinajstić information content (AvgIpc) is 2.72. The van der Waals surface area contributed by atoms with E-state index in [-0.39, 0.29) is 6.42 Å². The van der Waals surface area contributed by atoms with Gasteiger partial charge in [0, 0.05) is 13.1 Å². The number of nitrogens with one attached hydrogen (secondary N) is 2. The van der Waals surface area contributed by atoms with Crippen LogP contribution in [0.5, 0.6) is 0 Å². The molecule has 1 heterocycles. The largest absolute Gasteiger partial charge is 0.363 e. The van der Waals surface area contributed by atoms with Gasteiger partial charge in [-0.3, -0.25) is 13.9 Å². The second kappa shape index (κ2) is 5.77. The molecule has 0 fully saturated rings. The van der Waals surface area contributed by atoms with Crippen molar-refractivity contribution < 1.29 is 33.5 Å². The Morgan fingerprint density at radius 2 is 1.90 bits per heavy atom. The van der Waals surface area contributed by atoms with Crippen LogP contribution in [0.3, 0.4) is 0 Å². The molecule has 0 aliphatic heterocycles. The maximum atomic E-state index is 11.6. The normalized spacial score (nSPS) is 13.2. The summed E-state index contributed by atoms with van der Waals surface area (Å²) in [5.74, 6) is -0.960. The average molecular weight is 327 g/mol. The number of aromatic nitrogens is 2. The molecule has 1 aromatic rings. The molecule has 0 bridgehead atoms. The number of carbonyl (C=O) groups is 1. The van der Waals surface area contributed by atoms with Crippen molar-refractivity contribution in [1.29, 1.82) is 0 Å². The smallest absolute Gasteiger partial charge is 0.351 e. The summed E-state index contributed by atoms with van der Waals surface area (Å²) in [6.07, 6.45) is 1.92. The fourth-order valence-corrected chi connectivity index (χ4v) is 4.45. The summed E-state index contributed by atoms with van der Waals surface area (Å²) in [5.41, 5.74) is 0.349. The summed E-state index contributed by atoms with van der Waals surface area (Å²) in [6.45, 7) is 0.911. The number of aryl methyl sites for hydroxylation is 1. The summed E-state index contributed by atoms with van der Waals surface area (Å²) >= 11 is 0. The van der Waals surface area contributed by atoms with Gasteiger partial charge in [-0.1, -0.05) is 0 Å². The molecule has 0 radical (unpaired) electrons. The topological polar surface area (TPSA) is 173 Å². The van der Waals surface area contributed by atoms with E-state index in [0.717, 1.165) is 6.92 Å². The lowest BCUT2D eigenvalue weighted by atomic mass is 10.2. The summed E-state index contributed by atoms with van der Waals surface area (Å²) < 4.78 is 23.1. The molecule has 1 rings (SSSR count). The van der Waals surface area contributed by atoms with Gasteiger partial charge >= 0.3 is 15.2 Å². The number of carbonyl (C=O) groups excluding carboxylic acids is 1. The molecule has 0 saturated heterocycles. The monoisotopic (exact) mass is 327 g/mol. The van der Waals surface area contributed by atoms with Crippen LogP contribution < -0.4 is 5.32 Å². The van der Waals surface area contributed by atoms with Crippen LogP contribution in [0.25, 0.3) is 0 Å². The van der Waals surface area contributed by atoms with Crippen LogP contribution in [-0.4, -0.2) is 40.5 Å². The number of aromatic amines is 1. The number of hydrogen-bond donors (Lipinski definition) is 6. The molecule has 0 aliphatic rings. The Hall–Kier alpha value is -1.02. The predicted octanol–water partition coefficient (Wildman–Crippen LogP) is -0.512. The molecule has 114 valence electrons. The van der Waals surface area contributed by atoms with Crippen molar-refractivity contribution in [3.8, 4) is 0 Å². The van der Waals surface area contributed by atoms with Crippen molar-refractivity contribution >= 4 is 21.1 Å². The number of amides is 1. The zero-order valence-electron chi connectivity index (χ0n) is 10.4. The third kappa shape index (κ3) is 3.54. The van der Waals surface area contributed by atoms with E-state index in [9.17, 15) is 33.5 Å². The highest BCUT2D eigenvalue weighted by atomic mass is 31.2.